The molecule has 0 atom stereocenters. The van der Waals surface area contributed by atoms with Gasteiger partial charge in [0.25, 0.3) is 5.56 Å². The second-order valence-corrected chi connectivity index (χ2v) is 7.32. The Morgan fingerprint density at radius 2 is 1.82 bits per heavy atom. The first kappa shape index (κ1) is 18.1. The SMILES string of the molecule is Cc1cnc(-c2c(O)c3cc(-c4ccc(N(C)C)cc4)c(Cl)cc3[nH]c2=O)[nH]1. The molecule has 0 spiro atoms. The predicted octanol–water partition coefficient (Wildman–Crippen LogP) is 4.32. The lowest BCUT2D eigenvalue weighted by Crippen LogP contribution is -2.10. The van der Waals surface area contributed by atoms with Crippen molar-refractivity contribution in [1.29, 1.82) is 0 Å². The molecule has 28 heavy (non-hydrogen) atoms. The molecule has 6 nitrogen and oxygen atoms in total. The second kappa shape index (κ2) is 6.73. The number of rotatable bonds is 3. The first-order valence-corrected chi connectivity index (χ1v) is 9.11. The third-order valence-electron chi connectivity index (χ3n) is 4.71. The van der Waals surface area contributed by atoms with Crippen LogP contribution in [0, 0.1) is 6.92 Å². The number of fused-ring (bicyclic) bond motifs is 1. The summed E-state index contributed by atoms with van der Waals surface area (Å²) in [4.78, 5) is 24.5. The fraction of sp³-hybridized carbons (Fsp3) is 0.143. The first-order valence-electron chi connectivity index (χ1n) is 8.73. The molecule has 2 aromatic heterocycles. The molecule has 0 fully saturated rings. The van der Waals surface area contributed by atoms with Crippen LogP contribution in [0.3, 0.4) is 0 Å². The minimum Gasteiger partial charge on any atom is -0.506 e. The highest BCUT2D eigenvalue weighted by Gasteiger charge is 2.18. The molecular weight excluding hydrogens is 376 g/mol. The molecule has 7 heteroatoms. The molecule has 0 aliphatic rings. The number of aryl methyl sites for hydroxylation is 1. The molecule has 3 N–H and O–H groups in total. The third kappa shape index (κ3) is 3.01. The third-order valence-corrected chi connectivity index (χ3v) is 5.02. The molecule has 0 aliphatic heterocycles. The highest BCUT2D eigenvalue weighted by atomic mass is 35.5. The van der Waals surface area contributed by atoms with E-state index < -0.39 is 5.56 Å². The summed E-state index contributed by atoms with van der Waals surface area (Å²) in [5.41, 5.74) is 3.69. The zero-order chi connectivity index (χ0) is 20.0. The predicted molar refractivity (Wildman–Crippen MR) is 113 cm³/mol. The second-order valence-electron chi connectivity index (χ2n) is 6.91. The lowest BCUT2D eigenvalue weighted by molar-refractivity contribution is 0.482. The highest BCUT2D eigenvalue weighted by Crippen LogP contribution is 2.37. The molecule has 4 aromatic rings. The summed E-state index contributed by atoms with van der Waals surface area (Å²) in [6, 6.07) is 11.4. The number of benzene rings is 2. The summed E-state index contributed by atoms with van der Waals surface area (Å²) in [5.74, 6) is 0.195. The van der Waals surface area contributed by atoms with Gasteiger partial charge in [0.15, 0.2) is 0 Å². The zero-order valence-corrected chi connectivity index (χ0v) is 16.4. The molecule has 0 unspecified atom stereocenters. The number of nitrogens with one attached hydrogen (secondary N) is 2. The molecule has 0 bridgehead atoms. The van der Waals surface area contributed by atoms with Gasteiger partial charge in [-0.05, 0) is 36.8 Å². The number of aromatic amines is 2. The number of anilines is 1. The van der Waals surface area contributed by atoms with Gasteiger partial charge in [-0.1, -0.05) is 23.7 Å². The van der Waals surface area contributed by atoms with Crippen LogP contribution in [0.2, 0.25) is 5.02 Å². The van der Waals surface area contributed by atoms with Gasteiger partial charge >= 0.3 is 0 Å². The summed E-state index contributed by atoms with van der Waals surface area (Å²) < 4.78 is 0. The van der Waals surface area contributed by atoms with Gasteiger partial charge < -0.3 is 20.0 Å². The van der Waals surface area contributed by atoms with E-state index >= 15 is 0 Å². The topological polar surface area (TPSA) is 85.0 Å². The Morgan fingerprint density at radius 1 is 1.11 bits per heavy atom. The average Bonchev–Trinajstić information content (AvgIpc) is 3.07. The van der Waals surface area contributed by atoms with Crippen molar-refractivity contribution in [3.63, 3.8) is 0 Å². The fourth-order valence-electron chi connectivity index (χ4n) is 3.22. The molecular formula is C21H19ClN4O2. The molecule has 142 valence electrons. The Kier molecular flexibility index (Phi) is 4.35. The molecule has 0 amide bonds. The van der Waals surface area contributed by atoms with Crippen LogP contribution in [-0.4, -0.2) is 34.2 Å². The lowest BCUT2D eigenvalue weighted by atomic mass is 10.0. The van der Waals surface area contributed by atoms with Gasteiger partial charge in [0.05, 0.1) is 10.5 Å². The van der Waals surface area contributed by atoms with Gasteiger partial charge in [0.2, 0.25) is 0 Å². The Hall–Kier alpha value is -3.25. The minimum absolute atomic E-state index is 0.108. The van der Waals surface area contributed by atoms with Crippen LogP contribution in [0.5, 0.6) is 5.75 Å². The number of hydrogen-bond acceptors (Lipinski definition) is 4. The van der Waals surface area contributed by atoms with E-state index in [2.05, 4.69) is 15.0 Å². The number of H-pyrrole nitrogens is 2. The number of imidazole rings is 1. The molecule has 0 radical (unpaired) electrons. The van der Waals surface area contributed by atoms with E-state index in [1.165, 1.54) is 0 Å². The van der Waals surface area contributed by atoms with Crippen molar-refractivity contribution in [2.75, 3.05) is 19.0 Å². The summed E-state index contributed by atoms with van der Waals surface area (Å²) in [6.07, 6.45) is 1.61. The Balaban J connectivity index is 1.92. The Labute approximate surface area is 166 Å². The standard InChI is InChI=1S/C21H19ClN4O2/c1-11-10-23-20(24-11)18-19(27)15-8-14(16(22)9-17(15)25-21(18)28)12-4-6-13(7-5-12)26(2)3/h4-10H,1-3H3,(H,23,24)(H2,25,27,28). The Morgan fingerprint density at radius 3 is 2.43 bits per heavy atom. The molecule has 4 rings (SSSR count). The molecule has 2 aromatic carbocycles. The normalized spacial score (nSPS) is 11.1. The van der Waals surface area contributed by atoms with Crippen molar-refractivity contribution in [1.82, 2.24) is 15.0 Å². The van der Waals surface area contributed by atoms with Gasteiger partial charge in [-0.2, -0.15) is 0 Å². The molecule has 0 saturated carbocycles. The first-order chi connectivity index (χ1) is 13.3. The maximum absolute atomic E-state index is 12.5. The number of nitrogens with zero attached hydrogens (tertiary/aromatic N) is 2. The lowest BCUT2D eigenvalue weighted by Gasteiger charge is -2.14. The zero-order valence-electron chi connectivity index (χ0n) is 15.7. The van der Waals surface area contributed by atoms with Crippen molar-refractivity contribution in [2.45, 2.75) is 6.92 Å². The Bertz CT molecular complexity index is 1240. The number of pyridine rings is 1. The van der Waals surface area contributed by atoms with Crippen molar-refractivity contribution in [3.8, 4) is 28.3 Å². The van der Waals surface area contributed by atoms with Crippen molar-refractivity contribution in [2.24, 2.45) is 0 Å². The van der Waals surface area contributed by atoms with E-state index in [9.17, 15) is 9.90 Å². The quantitative estimate of drug-likeness (QED) is 0.483. The van der Waals surface area contributed by atoms with E-state index in [0.717, 1.165) is 22.5 Å². The van der Waals surface area contributed by atoms with E-state index in [1.807, 2.05) is 50.2 Å². The summed E-state index contributed by atoms with van der Waals surface area (Å²) in [5, 5.41) is 11.8. The smallest absolute Gasteiger partial charge is 0.263 e. The van der Waals surface area contributed by atoms with Crippen molar-refractivity contribution in [3.05, 3.63) is 63.7 Å². The number of halogens is 1. The average molecular weight is 395 g/mol. The van der Waals surface area contributed by atoms with Crippen LogP contribution in [0.25, 0.3) is 33.4 Å². The van der Waals surface area contributed by atoms with Crippen LogP contribution in [0.15, 0.2) is 47.4 Å². The fourth-order valence-corrected chi connectivity index (χ4v) is 3.49. The van der Waals surface area contributed by atoms with Crippen molar-refractivity contribution >= 4 is 28.2 Å². The van der Waals surface area contributed by atoms with Crippen LogP contribution >= 0.6 is 11.6 Å². The van der Waals surface area contributed by atoms with E-state index in [-0.39, 0.29) is 11.3 Å². The summed E-state index contributed by atoms with van der Waals surface area (Å²) in [7, 11) is 3.95. The number of hydrogen-bond donors (Lipinski definition) is 3. The van der Waals surface area contributed by atoms with Gasteiger partial charge in [-0.15, -0.1) is 0 Å². The number of aromatic hydroxyl groups is 1. The van der Waals surface area contributed by atoms with E-state index in [4.69, 9.17) is 11.6 Å². The van der Waals surface area contributed by atoms with E-state index in [1.54, 1.807) is 18.3 Å². The van der Waals surface area contributed by atoms with Gasteiger partial charge in [0.1, 0.15) is 17.1 Å². The summed E-state index contributed by atoms with van der Waals surface area (Å²) in [6.45, 7) is 1.83. The minimum atomic E-state index is -0.432. The van der Waals surface area contributed by atoms with Crippen LogP contribution in [0.1, 0.15) is 5.69 Å². The largest absolute Gasteiger partial charge is 0.506 e. The summed E-state index contributed by atoms with van der Waals surface area (Å²) >= 11 is 6.47. The highest BCUT2D eigenvalue weighted by molar-refractivity contribution is 6.34. The van der Waals surface area contributed by atoms with Crippen LogP contribution < -0.4 is 10.5 Å². The van der Waals surface area contributed by atoms with Crippen molar-refractivity contribution < 1.29 is 5.11 Å². The van der Waals surface area contributed by atoms with Gasteiger partial charge in [-0.25, -0.2) is 4.98 Å². The van der Waals surface area contributed by atoms with Gasteiger partial charge in [0, 0.05) is 42.6 Å². The number of aromatic nitrogens is 3. The monoisotopic (exact) mass is 394 g/mol. The maximum atomic E-state index is 12.5. The molecule has 0 saturated heterocycles. The maximum Gasteiger partial charge on any atom is 0.263 e. The molecule has 2 heterocycles. The molecule has 0 aliphatic carbocycles. The van der Waals surface area contributed by atoms with Gasteiger partial charge in [-0.3, -0.25) is 4.79 Å². The van der Waals surface area contributed by atoms with Crippen LogP contribution in [0.4, 0.5) is 5.69 Å². The van der Waals surface area contributed by atoms with E-state index in [0.29, 0.717) is 21.7 Å². The van der Waals surface area contributed by atoms with Crippen LogP contribution in [-0.2, 0) is 0 Å².